The van der Waals surface area contributed by atoms with Gasteiger partial charge >= 0.3 is 0 Å². The number of hydrogen-bond donors (Lipinski definition) is 0. The number of ether oxygens (including phenoxy) is 2. The van der Waals surface area contributed by atoms with E-state index in [2.05, 4.69) is 17.6 Å². The van der Waals surface area contributed by atoms with Crippen LogP contribution < -0.4 is 9.47 Å². The second-order valence-electron chi connectivity index (χ2n) is 4.71. The highest BCUT2D eigenvalue weighted by molar-refractivity contribution is 5.82. The molecule has 108 valence electrons. The summed E-state index contributed by atoms with van der Waals surface area (Å²) in [6.45, 7) is 5.95. The van der Waals surface area contributed by atoms with Gasteiger partial charge in [-0.25, -0.2) is 0 Å². The highest BCUT2D eigenvalue weighted by atomic mass is 16.5. The van der Waals surface area contributed by atoms with Gasteiger partial charge in [-0.2, -0.15) is 0 Å². The zero-order chi connectivity index (χ0) is 15.2. The summed E-state index contributed by atoms with van der Waals surface area (Å²) in [5.74, 6) is 1.42. The molecule has 0 radical (unpaired) electrons. The van der Waals surface area contributed by atoms with Crippen molar-refractivity contribution in [3.05, 3.63) is 72.1 Å². The van der Waals surface area contributed by atoms with Gasteiger partial charge in [0, 0.05) is 12.4 Å². The van der Waals surface area contributed by atoms with Crippen LogP contribution in [0.3, 0.4) is 0 Å². The Morgan fingerprint density at radius 1 is 1.00 bits per heavy atom. The molecule has 0 N–H and O–H groups in total. The molecule has 1 heterocycles. The number of allylic oxidation sites excluding steroid dienone is 2. The van der Waals surface area contributed by atoms with Crippen LogP contribution in [0.25, 0.3) is 5.57 Å². The molecule has 0 spiro atoms. The maximum absolute atomic E-state index is 5.38. The fourth-order valence-corrected chi connectivity index (χ4v) is 2.11. The first-order valence-corrected chi connectivity index (χ1v) is 6.65. The third-order valence-electron chi connectivity index (χ3n) is 3.08. The van der Waals surface area contributed by atoms with E-state index in [0.717, 1.165) is 22.3 Å². The molecule has 0 saturated carbocycles. The lowest BCUT2D eigenvalue weighted by Gasteiger charge is -2.13. The summed E-state index contributed by atoms with van der Waals surface area (Å²) in [5.41, 5.74) is 4.18. The van der Waals surface area contributed by atoms with Crippen LogP contribution in [0.5, 0.6) is 11.5 Å². The molecule has 0 amide bonds. The van der Waals surface area contributed by atoms with Gasteiger partial charge in [0.25, 0.3) is 0 Å². The zero-order valence-corrected chi connectivity index (χ0v) is 12.6. The second-order valence-corrected chi connectivity index (χ2v) is 4.71. The van der Waals surface area contributed by atoms with Crippen molar-refractivity contribution in [3.8, 4) is 11.5 Å². The van der Waals surface area contributed by atoms with E-state index in [1.165, 1.54) is 0 Å². The highest BCUT2D eigenvalue weighted by Gasteiger charge is 2.10. The molecule has 0 unspecified atom stereocenters. The monoisotopic (exact) mass is 281 g/mol. The van der Waals surface area contributed by atoms with E-state index in [4.69, 9.17) is 9.47 Å². The second kappa shape index (κ2) is 6.75. The predicted molar refractivity (Wildman–Crippen MR) is 85.7 cm³/mol. The Hall–Kier alpha value is -2.55. The van der Waals surface area contributed by atoms with E-state index in [0.29, 0.717) is 11.5 Å². The molecule has 1 aromatic carbocycles. The molecule has 0 aliphatic heterocycles. The topological polar surface area (TPSA) is 31.4 Å². The summed E-state index contributed by atoms with van der Waals surface area (Å²) in [6.07, 6.45) is 5.61. The molecule has 0 aliphatic rings. The lowest BCUT2D eigenvalue weighted by molar-refractivity contribution is 0.355. The quantitative estimate of drug-likeness (QED) is 0.773. The minimum Gasteiger partial charge on any atom is -0.493 e. The largest absolute Gasteiger partial charge is 0.493 e. The van der Waals surface area contributed by atoms with Gasteiger partial charge < -0.3 is 9.47 Å². The molecule has 3 heteroatoms. The summed E-state index contributed by atoms with van der Waals surface area (Å²) < 4.78 is 10.7. The van der Waals surface area contributed by atoms with E-state index in [-0.39, 0.29) is 0 Å². The van der Waals surface area contributed by atoms with Gasteiger partial charge in [-0.15, -0.1) is 0 Å². The minimum absolute atomic E-state index is 0.705. The summed E-state index contributed by atoms with van der Waals surface area (Å²) in [5, 5.41) is 0. The fourth-order valence-electron chi connectivity index (χ4n) is 2.11. The molecule has 0 aliphatic carbocycles. The van der Waals surface area contributed by atoms with Crippen LogP contribution in [0, 0.1) is 0 Å². The van der Waals surface area contributed by atoms with Crippen LogP contribution in [0.15, 0.2) is 61.0 Å². The predicted octanol–water partition coefficient (Wildman–Crippen LogP) is 4.11. The van der Waals surface area contributed by atoms with Crippen molar-refractivity contribution in [2.24, 2.45) is 0 Å². The van der Waals surface area contributed by atoms with E-state index in [1.807, 2.05) is 37.3 Å². The molecule has 2 aromatic rings. The third kappa shape index (κ3) is 3.51. The number of methoxy groups -OCH3 is 2. The van der Waals surface area contributed by atoms with E-state index < -0.39 is 0 Å². The SMILES string of the molecule is C=C(C)C=C(c1ccncc1)c1ccc(OC)c(OC)c1. The number of pyridine rings is 1. The molecular formula is C18H19NO2. The van der Waals surface area contributed by atoms with E-state index >= 15 is 0 Å². The van der Waals surface area contributed by atoms with Gasteiger partial charge in [0.15, 0.2) is 11.5 Å². The van der Waals surface area contributed by atoms with Crippen LogP contribution >= 0.6 is 0 Å². The molecule has 0 saturated heterocycles. The lowest BCUT2D eigenvalue weighted by atomic mass is 9.96. The van der Waals surface area contributed by atoms with Crippen molar-refractivity contribution in [2.75, 3.05) is 14.2 Å². The van der Waals surface area contributed by atoms with Crippen LogP contribution in [0.2, 0.25) is 0 Å². The summed E-state index contributed by atoms with van der Waals surface area (Å²) in [6, 6.07) is 9.84. The summed E-state index contributed by atoms with van der Waals surface area (Å²) >= 11 is 0. The number of hydrogen-bond acceptors (Lipinski definition) is 3. The molecule has 0 fully saturated rings. The van der Waals surface area contributed by atoms with Gasteiger partial charge in [0.2, 0.25) is 0 Å². The zero-order valence-electron chi connectivity index (χ0n) is 12.6. The molecule has 0 atom stereocenters. The molecule has 3 nitrogen and oxygen atoms in total. The molecule has 21 heavy (non-hydrogen) atoms. The summed E-state index contributed by atoms with van der Waals surface area (Å²) in [7, 11) is 3.27. The van der Waals surface area contributed by atoms with Gasteiger partial charge in [-0.05, 0) is 47.9 Å². The van der Waals surface area contributed by atoms with Gasteiger partial charge in [-0.1, -0.05) is 24.3 Å². The Bertz CT molecular complexity index is 660. The van der Waals surface area contributed by atoms with Crippen LogP contribution in [0.1, 0.15) is 18.1 Å². The van der Waals surface area contributed by atoms with Gasteiger partial charge in [-0.3, -0.25) is 4.98 Å². The number of rotatable bonds is 5. The van der Waals surface area contributed by atoms with Crippen molar-refractivity contribution in [1.29, 1.82) is 0 Å². The van der Waals surface area contributed by atoms with Gasteiger partial charge in [0.05, 0.1) is 14.2 Å². The van der Waals surface area contributed by atoms with Crippen molar-refractivity contribution in [2.45, 2.75) is 6.92 Å². The third-order valence-corrected chi connectivity index (χ3v) is 3.08. The fraction of sp³-hybridized carbons (Fsp3) is 0.167. The molecule has 2 rings (SSSR count). The maximum atomic E-state index is 5.38. The normalized spacial score (nSPS) is 11.1. The smallest absolute Gasteiger partial charge is 0.161 e. The standard InChI is InChI=1S/C18H19NO2/c1-13(2)11-16(14-7-9-19-10-8-14)15-5-6-17(20-3)18(12-15)21-4/h5-12H,1H2,2-4H3. The van der Waals surface area contributed by atoms with Crippen LogP contribution in [-0.4, -0.2) is 19.2 Å². The molecule has 1 aromatic heterocycles. The minimum atomic E-state index is 0.705. The Kier molecular flexibility index (Phi) is 4.77. The Labute approximate surface area is 125 Å². The Balaban J connectivity index is 2.55. The lowest BCUT2D eigenvalue weighted by Crippen LogP contribution is -1.94. The first kappa shape index (κ1) is 14.9. The molecular weight excluding hydrogens is 262 g/mol. The average molecular weight is 281 g/mol. The average Bonchev–Trinajstić information content (AvgIpc) is 2.52. The summed E-state index contributed by atoms with van der Waals surface area (Å²) in [4.78, 5) is 4.07. The van der Waals surface area contributed by atoms with Crippen molar-refractivity contribution in [3.63, 3.8) is 0 Å². The highest BCUT2D eigenvalue weighted by Crippen LogP contribution is 2.33. The number of benzene rings is 1. The molecule has 0 bridgehead atoms. The maximum Gasteiger partial charge on any atom is 0.161 e. The Morgan fingerprint density at radius 2 is 1.67 bits per heavy atom. The number of aromatic nitrogens is 1. The van der Waals surface area contributed by atoms with Gasteiger partial charge in [0.1, 0.15) is 0 Å². The van der Waals surface area contributed by atoms with Crippen molar-refractivity contribution >= 4 is 5.57 Å². The van der Waals surface area contributed by atoms with E-state index in [1.54, 1.807) is 26.6 Å². The van der Waals surface area contributed by atoms with Crippen molar-refractivity contribution < 1.29 is 9.47 Å². The van der Waals surface area contributed by atoms with Crippen molar-refractivity contribution in [1.82, 2.24) is 4.98 Å². The first-order valence-electron chi connectivity index (χ1n) is 6.65. The van der Waals surface area contributed by atoms with Crippen LogP contribution in [-0.2, 0) is 0 Å². The van der Waals surface area contributed by atoms with Crippen LogP contribution in [0.4, 0.5) is 0 Å². The first-order chi connectivity index (χ1) is 10.2. The Morgan fingerprint density at radius 3 is 2.24 bits per heavy atom. The van der Waals surface area contributed by atoms with E-state index in [9.17, 15) is 0 Å². The number of nitrogens with zero attached hydrogens (tertiary/aromatic N) is 1.